The highest BCUT2D eigenvalue weighted by Gasteiger charge is 2.28. The molecule has 1 saturated carbocycles. The van der Waals surface area contributed by atoms with Crippen molar-refractivity contribution in [2.45, 2.75) is 45.6 Å². The predicted molar refractivity (Wildman–Crippen MR) is 83.2 cm³/mol. The summed E-state index contributed by atoms with van der Waals surface area (Å²) < 4.78 is 1.66. The third kappa shape index (κ3) is 2.99. The van der Waals surface area contributed by atoms with Crippen molar-refractivity contribution in [3.05, 3.63) is 24.8 Å². The van der Waals surface area contributed by atoms with Gasteiger partial charge >= 0.3 is 0 Å². The van der Waals surface area contributed by atoms with E-state index in [4.69, 9.17) is 5.73 Å². The molecule has 1 aliphatic carbocycles. The van der Waals surface area contributed by atoms with Gasteiger partial charge in [0.15, 0.2) is 11.6 Å². The lowest BCUT2D eigenvalue weighted by Crippen LogP contribution is -2.32. The molecule has 6 nitrogen and oxygen atoms in total. The van der Waals surface area contributed by atoms with Crippen molar-refractivity contribution in [1.29, 1.82) is 0 Å². The summed E-state index contributed by atoms with van der Waals surface area (Å²) in [5.41, 5.74) is 7.13. The Hall–Kier alpha value is -2.11. The van der Waals surface area contributed by atoms with Crippen LogP contribution in [0.15, 0.2) is 24.8 Å². The summed E-state index contributed by atoms with van der Waals surface area (Å²) in [6.07, 6.45) is 9.87. The van der Waals surface area contributed by atoms with E-state index >= 15 is 0 Å². The summed E-state index contributed by atoms with van der Waals surface area (Å²) in [5, 5.41) is 7.67. The van der Waals surface area contributed by atoms with Gasteiger partial charge in [-0.05, 0) is 30.7 Å². The monoisotopic (exact) mass is 286 g/mol. The predicted octanol–water partition coefficient (Wildman–Crippen LogP) is 2.63. The van der Waals surface area contributed by atoms with E-state index in [1.54, 1.807) is 10.9 Å². The summed E-state index contributed by atoms with van der Waals surface area (Å²) in [7, 11) is 0. The van der Waals surface area contributed by atoms with Gasteiger partial charge in [0.2, 0.25) is 0 Å². The van der Waals surface area contributed by atoms with E-state index in [1.165, 1.54) is 19.2 Å². The van der Waals surface area contributed by atoms with Crippen LogP contribution in [0.1, 0.15) is 39.5 Å². The fourth-order valence-electron chi connectivity index (χ4n) is 3.09. The molecule has 0 aliphatic heterocycles. The molecule has 0 radical (unpaired) electrons. The highest BCUT2D eigenvalue weighted by molar-refractivity contribution is 5.69. The van der Waals surface area contributed by atoms with Crippen LogP contribution in [0.5, 0.6) is 0 Å². The molecule has 0 amide bonds. The van der Waals surface area contributed by atoms with Crippen LogP contribution in [0.4, 0.5) is 11.5 Å². The average Bonchev–Trinajstić information content (AvgIpc) is 2.94. The van der Waals surface area contributed by atoms with Gasteiger partial charge in [-0.25, -0.2) is 14.6 Å². The zero-order chi connectivity index (χ0) is 14.9. The Kier molecular flexibility index (Phi) is 3.53. The Morgan fingerprint density at radius 1 is 1.38 bits per heavy atom. The minimum absolute atomic E-state index is 0.378. The molecule has 0 spiro atoms. The van der Waals surface area contributed by atoms with Gasteiger partial charge < -0.3 is 11.1 Å². The lowest BCUT2D eigenvalue weighted by atomic mass is 9.75. The van der Waals surface area contributed by atoms with Crippen LogP contribution in [0.2, 0.25) is 0 Å². The summed E-state index contributed by atoms with van der Waals surface area (Å²) in [6, 6.07) is 2.26. The molecule has 2 aromatic heterocycles. The third-order valence-corrected chi connectivity index (χ3v) is 4.13. The van der Waals surface area contributed by atoms with Crippen LogP contribution in [0.25, 0.3) is 5.82 Å². The van der Waals surface area contributed by atoms with Crippen LogP contribution in [0.3, 0.4) is 0 Å². The first-order valence-corrected chi connectivity index (χ1v) is 7.42. The summed E-state index contributed by atoms with van der Waals surface area (Å²) in [4.78, 5) is 8.53. The fourth-order valence-corrected chi connectivity index (χ4v) is 3.09. The zero-order valence-corrected chi connectivity index (χ0v) is 12.6. The van der Waals surface area contributed by atoms with E-state index in [2.05, 4.69) is 34.2 Å². The molecular weight excluding hydrogens is 264 g/mol. The molecule has 0 aromatic carbocycles. The quantitative estimate of drug-likeness (QED) is 0.906. The largest absolute Gasteiger partial charge is 0.393 e. The highest BCUT2D eigenvalue weighted by atomic mass is 15.3. The maximum Gasteiger partial charge on any atom is 0.181 e. The number of nitrogen functional groups attached to an aromatic ring is 1. The van der Waals surface area contributed by atoms with Gasteiger partial charge in [-0.3, -0.25) is 0 Å². The van der Waals surface area contributed by atoms with Gasteiger partial charge in [0.25, 0.3) is 0 Å². The average molecular weight is 286 g/mol. The van der Waals surface area contributed by atoms with Crippen LogP contribution in [-0.4, -0.2) is 25.8 Å². The molecule has 21 heavy (non-hydrogen) atoms. The minimum Gasteiger partial charge on any atom is -0.393 e. The van der Waals surface area contributed by atoms with E-state index in [0.29, 0.717) is 28.8 Å². The maximum absolute atomic E-state index is 6.21. The van der Waals surface area contributed by atoms with Gasteiger partial charge in [-0.1, -0.05) is 20.3 Å². The number of hydrogen-bond donors (Lipinski definition) is 2. The Bertz CT molecular complexity index is 605. The van der Waals surface area contributed by atoms with Gasteiger partial charge in [-0.2, -0.15) is 5.10 Å². The molecular formula is C15H22N6. The van der Waals surface area contributed by atoms with E-state index in [0.717, 1.165) is 12.8 Å². The van der Waals surface area contributed by atoms with Gasteiger partial charge in [-0.15, -0.1) is 0 Å². The van der Waals surface area contributed by atoms with E-state index in [1.807, 2.05) is 12.3 Å². The molecule has 2 heterocycles. The molecule has 1 aliphatic rings. The van der Waals surface area contributed by atoms with Crippen LogP contribution in [0, 0.1) is 5.41 Å². The smallest absolute Gasteiger partial charge is 0.181 e. The van der Waals surface area contributed by atoms with Crippen LogP contribution < -0.4 is 11.1 Å². The fraction of sp³-hybridized carbons (Fsp3) is 0.533. The summed E-state index contributed by atoms with van der Waals surface area (Å²) in [6.45, 7) is 4.64. The van der Waals surface area contributed by atoms with Crippen molar-refractivity contribution in [2.24, 2.45) is 5.41 Å². The second kappa shape index (κ2) is 5.35. The van der Waals surface area contributed by atoms with Gasteiger partial charge in [0.1, 0.15) is 12.0 Å². The molecule has 0 saturated heterocycles. The van der Waals surface area contributed by atoms with Crippen molar-refractivity contribution >= 4 is 11.5 Å². The molecule has 0 bridgehead atoms. The number of hydrogen-bond acceptors (Lipinski definition) is 5. The summed E-state index contributed by atoms with van der Waals surface area (Å²) >= 11 is 0. The van der Waals surface area contributed by atoms with Gasteiger partial charge in [0.05, 0.1) is 0 Å². The van der Waals surface area contributed by atoms with E-state index in [9.17, 15) is 0 Å². The van der Waals surface area contributed by atoms with Crippen molar-refractivity contribution < 1.29 is 0 Å². The summed E-state index contributed by atoms with van der Waals surface area (Å²) in [5.74, 6) is 1.32. The molecule has 2 aromatic rings. The molecule has 3 rings (SSSR count). The normalized spacial score (nSPS) is 21.1. The Balaban J connectivity index is 1.82. The zero-order valence-electron chi connectivity index (χ0n) is 12.6. The first-order valence-electron chi connectivity index (χ1n) is 7.42. The molecule has 112 valence electrons. The van der Waals surface area contributed by atoms with Gasteiger partial charge in [0, 0.05) is 18.4 Å². The third-order valence-electron chi connectivity index (χ3n) is 4.13. The second-order valence-electron chi connectivity index (χ2n) is 6.51. The lowest BCUT2D eigenvalue weighted by Gasteiger charge is -2.35. The number of nitrogens with two attached hydrogens (primary N) is 1. The second-order valence-corrected chi connectivity index (χ2v) is 6.51. The van der Waals surface area contributed by atoms with Crippen LogP contribution >= 0.6 is 0 Å². The number of nitrogens with one attached hydrogen (secondary N) is 1. The Labute approximate surface area is 124 Å². The minimum atomic E-state index is 0.378. The topological polar surface area (TPSA) is 81.7 Å². The molecule has 6 heteroatoms. The number of aromatic nitrogens is 4. The Morgan fingerprint density at radius 2 is 2.24 bits per heavy atom. The first-order chi connectivity index (χ1) is 10.1. The van der Waals surface area contributed by atoms with E-state index < -0.39 is 0 Å². The highest BCUT2D eigenvalue weighted by Crippen LogP contribution is 2.36. The Morgan fingerprint density at radius 3 is 2.95 bits per heavy atom. The number of rotatable bonds is 3. The standard InChI is InChI=1S/C15H22N6/c1-15(2)6-3-5-11(9-15)20-13-12(16)14(18-10-17-13)21-8-4-7-19-21/h4,7-8,10-11H,3,5-6,9,16H2,1-2H3,(H,17,18,20). The SMILES string of the molecule is CC1(C)CCCC(Nc2ncnc(-n3cccn3)c2N)C1. The van der Waals surface area contributed by atoms with Crippen LogP contribution in [-0.2, 0) is 0 Å². The van der Waals surface area contributed by atoms with E-state index in [-0.39, 0.29) is 0 Å². The number of anilines is 2. The van der Waals surface area contributed by atoms with Crippen molar-refractivity contribution in [3.8, 4) is 5.82 Å². The van der Waals surface area contributed by atoms with Crippen molar-refractivity contribution in [3.63, 3.8) is 0 Å². The molecule has 1 atom stereocenters. The molecule has 1 unspecified atom stereocenters. The van der Waals surface area contributed by atoms with Crippen molar-refractivity contribution in [1.82, 2.24) is 19.7 Å². The first kappa shape index (κ1) is 13.9. The number of nitrogens with zero attached hydrogens (tertiary/aromatic N) is 4. The molecule has 1 fully saturated rings. The van der Waals surface area contributed by atoms with Crippen molar-refractivity contribution in [2.75, 3.05) is 11.1 Å². The lowest BCUT2D eigenvalue weighted by molar-refractivity contribution is 0.229. The maximum atomic E-state index is 6.21. The molecule has 3 N–H and O–H groups in total.